The van der Waals surface area contributed by atoms with Gasteiger partial charge >= 0.3 is 0 Å². The summed E-state index contributed by atoms with van der Waals surface area (Å²) in [5.74, 6) is -2.14. The fourth-order valence-electron chi connectivity index (χ4n) is 2.49. The molecule has 0 unspecified atom stereocenters. The molecule has 2 aromatic rings. The van der Waals surface area contributed by atoms with E-state index in [-0.39, 0.29) is 5.56 Å². The molecule has 3 rings (SSSR count). The number of carbonyl (C=O) groups excluding carboxylic acids is 1. The molecule has 1 saturated heterocycles. The molecule has 1 N–H and O–H groups in total. The van der Waals surface area contributed by atoms with Gasteiger partial charge in [0, 0.05) is 25.8 Å². The average Bonchev–Trinajstić information content (AvgIpc) is 3.03. The van der Waals surface area contributed by atoms with Crippen molar-refractivity contribution in [1.29, 1.82) is 0 Å². The number of nitrogens with zero attached hydrogens (tertiary/aromatic N) is 3. The third-order valence-electron chi connectivity index (χ3n) is 3.81. The Morgan fingerprint density at radius 2 is 2.04 bits per heavy atom. The maximum atomic E-state index is 13.6. The maximum Gasteiger partial charge on any atom is 0.258 e. The number of ether oxygens (including phenoxy) is 1. The molecule has 2 heterocycles. The van der Waals surface area contributed by atoms with E-state index < -0.39 is 17.5 Å². The summed E-state index contributed by atoms with van der Waals surface area (Å²) in [5, 5.41) is 6.69. The van der Waals surface area contributed by atoms with Gasteiger partial charge in [0.15, 0.2) is 0 Å². The second kappa shape index (κ2) is 7.50. The summed E-state index contributed by atoms with van der Waals surface area (Å²) >= 11 is 0. The lowest BCUT2D eigenvalue weighted by molar-refractivity contribution is 0.0360. The highest BCUT2D eigenvalue weighted by molar-refractivity contribution is 6.04. The summed E-state index contributed by atoms with van der Waals surface area (Å²) in [6.07, 6.45) is 3.14. The number of aromatic nitrogens is 2. The van der Waals surface area contributed by atoms with Gasteiger partial charge in [-0.1, -0.05) is 0 Å². The van der Waals surface area contributed by atoms with Gasteiger partial charge in [0.2, 0.25) is 0 Å². The Hall–Kier alpha value is -2.32. The number of anilines is 1. The number of halogens is 2. The molecule has 0 saturated carbocycles. The van der Waals surface area contributed by atoms with Crippen LogP contribution in [0.25, 0.3) is 0 Å². The van der Waals surface area contributed by atoms with Crippen LogP contribution in [-0.2, 0) is 11.3 Å². The normalized spacial score (nSPS) is 15.4. The lowest BCUT2D eigenvalue weighted by Crippen LogP contribution is -2.38. The number of morpholine rings is 1. The van der Waals surface area contributed by atoms with E-state index >= 15 is 0 Å². The Morgan fingerprint density at radius 1 is 1.25 bits per heavy atom. The zero-order valence-corrected chi connectivity index (χ0v) is 13.0. The molecular weight excluding hydrogens is 318 g/mol. The first-order valence-corrected chi connectivity index (χ1v) is 7.71. The zero-order valence-electron chi connectivity index (χ0n) is 13.0. The van der Waals surface area contributed by atoms with Gasteiger partial charge < -0.3 is 10.1 Å². The first kappa shape index (κ1) is 16.5. The van der Waals surface area contributed by atoms with E-state index in [0.29, 0.717) is 12.2 Å². The molecule has 0 spiro atoms. The van der Waals surface area contributed by atoms with E-state index in [4.69, 9.17) is 4.74 Å². The van der Waals surface area contributed by atoms with E-state index in [1.54, 1.807) is 10.9 Å². The average molecular weight is 336 g/mol. The minimum Gasteiger partial charge on any atom is -0.379 e. The third kappa shape index (κ3) is 4.15. The number of rotatable bonds is 5. The Labute approximate surface area is 138 Å². The topological polar surface area (TPSA) is 59.4 Å². The van der Waals surface area contributed by atoms with Gasteiger partial charge in [0.05, 0.1) is 37.2 Å². The lowest BCUT2D eigenvalue weighted by atomic mass is 10.2. The fraction of sp³-hybridized carbons (Fsp3) is 0.375. The van der Waals surface area contributed by atoms with Gasteiger partial charge in [-0.25, -0.2) is 8.78 Å². The van der Waals surface area contributed by atoms with Crippen molar-refractivity contribution in [2.75, 3.05) is 38.2 Å². The van der Waals surface area contributed by atoms with E-state index in [2.05, 4.69) is 15.3 Å². The van der Waals surface area contributed by atoms with Crippen LogP contribution in [-0.4, -0.2) is 53.4 Å². The Kier molecular flexibility index (Phi) is 5.17. The number of hydrogen-bond acceptors (Lipinski definition) is 4. The van der Waals surface area contributed by atoms with Crippen LogP contribution in [0, 0.1) is 11.6 Å². The second-order valence-electron chi connectivity index (χ2n) is 5.52. The molecule has 24 heavy (non-hydrogen) atoms. The van der Waals surface area contributed by atoms with Gasteiger partial charge in [-0.15, -0.1) is 0 Å². The zero-order chi connectivity index (χ0) is 16.9. The largest absolute Gasteiger partial charge is 0.379 e. The van der Waals surface area contributed by atoms with Gasteiger partial charge in [-0.3, -0.25) is 14.4 Å². The highest BCUT2D eigenvalue weighted by atomic mass is 19.1. The standard InChI is InChI=1S/C16H18F2N4O2/c17-12-1-2-15(18)14(9-12)16(23)20-13-10-19-22(11-13)4-3-21-5-7-24-8-6-21/h1-2,9-11H,3-8H2,(H,20,23). The van der Waals surface area contributed by atoms with Gasteiger partial charge in [0.1, 0.15) is 11.6 Å². The van der Waals surface area contributed by atoms with Crippen LogP contribution >= 0.6 is 0 Å². The quantitative estimate of drug-likeness (QED) is 0.904. The number of benzene rings is 1. The van der Waals surface area contributed by atoms with Crippen molar-refractivity contribution in [2.24, 2.45) is 0 Å². The molecule has 1 aromatic heterocycles. The van der Waals surface area contributed by atoms with E-state index in [1.807, 2.05) is 0 Å². The number of nitrogens with one attached hydrogen (secondary N) is 1. The first-order chi connectivity index (χ1) is 11.6. The summed E-state index contributed by atoms with van der Waals surface area (Å²) in [6.45, 7) is 4.76. The Balaban J connectivity index is 1.57. The van der Waals surface area contributed by atoms with E-state index in [1.165, 1.54) is 6.20 Å². The van der Waals surface area contributed by atoms with Crippen LogP contribution in [0.5, 0.6) is 0 Å². The molecule has 1 amide bonds. The van der Waals surface area contributed by atoms with E-state index in [9.17, 15) is 13.6 Å². The maximum absolute atomic E-state index is 13.6. The SMILES string of the molecule is O=C(Nc1cnn(CCN2CCOCC2)c1)c1cc(F)ccc1F. The molecule has 0 bridgehead atoms. The smallest absolute Gasteiger partial charge is 0.258 e. The van der Waals surface area contributed by atoms with Crippen molar-refractivity contribution < 1.29 is 18.3 Å². The van der Waals surface area contributed by atoms with Gasteiger partial charge in [0.25, 0.3) is 5.91 Å². The fourth-order valence-corrected chi connectivity index (χ4v) is 2.49. The molecule has 1 aliphatic rings. The minimum absolute atomic E-state index is 0.337. The van der Waals surface area contributed by atoms with Crippen molar-refractivity contribution in [3.8, 4) is 0 Å². The number of hydrogen-bond donors (Lipinski definition) is 1. The minimum atomic E-state index is -0.770. The Morgan fingerprint density at radius 3 is 2.83 bits per heavy atom. The summed E-state index contributed by atoms with van der Waals surface area (Å²) < 4.78 is 33.7. The number of amides is 1. The molecule has 128 valence electrons. The molecule has 8 heteroatoms. The monoisotopic (exact) mass is 336 g/mol. The second-order valence-corrected chi connectivity index (χ2v) is 5.52. The van der Waals surface area contributed by atoms with Crippen molar-refractivity contribution in [3.63, 3.8) is 0 Å². The molecule has 1 aliphatic heterocycles. The Bertz CT molecular complexity index is 714. The third-order valence-corrected chi connectivity index (χ3v) is 3.81. The molecule has 0 radical (unpaired) electrons. The van der Waals surface area contributed by atoms with Crippen LogP contribution in [0.3, 0.4) is 0 Å². The first-order valence-electron chi connectivity index (χ1n) is 7.71. The molecule has 6 nitrogen and oxygen atoms in total. The molecule has 0 aliphatic carbocycles. The van der Waals surface area contributed by atoms with Crippen LogP contribution in [0.2, 0.25) is 0 Å². The summed E-state index contributed by atoms with van der Waals surface area (Å²) in [4.78, 5) is 14.3. The van der Waals surface area contributed by atoms with Gasteiger partial charge in [-0.2, -0.15) is 5.10 Å². The predicted molar refractivity (Wildman–Crippen MR) is 83.8 cm³/mol. The van der Waals surface area contributed by atoms with Crippen molar-refractivity contribution in [2.45, 2.75) is 6.54 Å². The lowest BCUT2D eigenvalue weighted by Gasteiger charge is -2.26. The van der Waals surface area contributed by atoms with Crippen LogP contribution in [0.1, 0.15) is 10.4 Å². The number of carbonyl (C=O) groups is 1. The highest BCUT2D eigenvalue weighted by Crippen LogP contribution is 2.13. The van der Waals surface area contributed by atoms with Gasteiger partial charge in [-0.05, 0) is 18.2 Å². The van der Waals surface area contributed by atoms with Crippen LogP contribution < -0.4 is 5.32 Å². The summed E-state index contributed by atoms with van der Waals surface area (Å²) in [5.41, 5.74) is 0.0988. The van der Waals surface area contributed by atoms with Crippen LogP contribution in [0.15, 0.2) is 30.6 Å². The van der Waals surface area contributed by atoms with Crippen LogP contribution in [0.4, 0.5) is 14.5 Å². The molecule has 0 atom stereocenters. The molecule has 1 fully saturated rings. The summed E-state index contributed by atoms with van der Waals surface area (Å²) in [7, 11) is 0. The predicted octanol–water partition coefficient (Wildman–Crippen LogP) is 1.75. The summed E-state index contributed by atoms with van der Waals surface area (Å²) in [6, 6.07) is 2.76. The van der Waals surface area contributed by atoms with Crippen molar-refractivity contribution in [3.05, 3.63) is 47.8 Å². The highest BCUT2D eigenvalue weighted by Gasteiger charge is 2.14. The van der Waals surface area contributed by atoms with Crippen molar-refractivity contribution >= 4 is 11.6 Å². The van der Waals surface area contributed by atoms with E-state index in [0.717, 1.165) is 51.0 Å². The molecule has 1 aromatic carbocycles. The molecular formula is C16H18F2N4O2. The van der Waals surface area contributed by atoms with Crippen molar-refractivity contribution in [1.82, 2.24) is 14.7 Å².